The van der Waals surface area contributed by atoms with Crippen LogP contribution in [-0.4, -0.2) is 45.1 Å². The van der Waals surface area contributed by atoms with E-state index in [0.29, 0.717) is 18.7 Å². The molecule has 1 amide bonds. The number of pyridine rings is 1. The molecule has 2 aliphatic heterocycles. The summed E-state index contributed by atoms with van der Waals surface area (Å²) in [6.45, 7) is 6.20. The third kappa shape index (κ3) is 2.63. The van der Waals surface area contributed by atoms with Crippen LogP contribution in [0, 0.1) is 6.92 Å². The second-order valence-corrected chi connectivity index (χ2v) is 8.27. The molecule has 5 rings (SSSR count). The van der Waals surface area contributed by atoms with Crippen molar-refractivity contribution in [3.05, 3.63) is 71.7 Å². The number of benzene rings is 1. The van der Waals surface area contributed by atoms with Crippen molar-refractivity contribution in [1.29, 1.82) is 0 Å². The number of amides is 1. The van der Waals surface area contributed by atoms with E-state index in [1.165, 1.54) is 5.69 Å². The second-order valence-electron chi connectivity index (χ2n) is 8.27. The highest BCUT2D eigenvalue weighted by Crippen LogP contribution is 2.47. The first kappa shape index (κ1) is 18.7. The van der Waals surface area contributed by atoms with Crippen LogP contribution in [0.4, 0.5) is 5.69 Å². The van der Waals surface area contributed by atoms with Crippen LogP contribution < -0.4 is 4.90 Å². The first-order chi connectivity index (χ1) is 14.5. The molecule has 0 bridgehead atoms. The van der Waals surface area contributed by atoms with Gasteiger partial charge in [-0.3, -0.25) is 4.79 Å². The Labute approximate surface area is 176 Å². The zero-order valence-electron chi connectivity index (χ0n) is 17.4. The fourth-order valence-electron chi connectivity index (χ4n) is 4.98. The largest absolute Gasteiger partial charge is 0.508 e. The summed E-state index contributed by atoms with van der Waals surface area (Å²) in [4.78, 5) is 22.3. The Balaban J connectivity index is 1.55. The molecule has 1 atom stereocenters. The maximum atomic E-state index is 13.3. The maximum absolute atomic E-state index is 13.3. The normalized spacial score (nSPS) is 19.8. The van der Waals surface area contributed by atoms with E-state index < -0.39 is 0 Å². The molecule has 6 nitrogen and oxygen atoms in total. The van der Waals surface area contributed by atoms with E-state index in [0.717, 1.165) is 36.5 Å². The summed E-state index contributed by atoms with van der Waals surface area (Å²) >= 11 is 0. The predicted molar refractivity (Wildman–Crippen MR) is 116 cm³/mol. The number of carbonyl (C=O) groups is 1. The van der Waals surface area contributed by atoms with Gasteiger partial charge in [-0.05, 0) is 61.7 Å². The van der Waals surface area contributed by atoms with Gasteiger partial charge in [0.25, 0.3) is 5.91 Å². The summed E-state index contributed by atoms with van der Waals surface area (Å²) in [6.07, 6.45) is 5.76. The number of carbonyl (C=O) groups excluding carboxylic acids is 1. The molecule has 6 heteroatoms. The van der Waals surface area contributed by atoms with E-state index in [4.69, 9.17) is 0 Å². The molecule has 0 radical (unpaired) electrons. The monoisotopic (exact) mass is 402 g/mol. The first-order valence-electron chi connectivity index (χ1n) is 10.5. The Morgan fingerprint density at radius 3 is 2.90 bits per heavy atom. The number of aryl methyl sites for hydroxylation is 1. The van der Waals surface area contributed by atoms with Gasteiger partial charge in [-0.15, -0.1) is 0 Å². The molecule has 1 fully saturated rings. The van der Waals surface area contributed by atoms with Gasteiger partial charge in [0.2, 0.25) is 0 Å². The number of phenolic OH excluding ortho intramolecular Hbond substituents is 1. The van der Waals surface area contributed by atoms with E-state index in [2.05, 4.69) is 45.8 Å². The van der Waals surface area contributed by atoms with Gasteiger partial charge in [-0.2, -0.15) is 0 Å². The zero-order valence-corrected chi connectivity index (χ0v) is 17.4. The van der Waals surface area contributed by atoms with Gasteiger partial charge in [0, 0.05) is 37.6 Å². The number of anilines is 1. The fraction of sp³-hybridized carbons (Fsp3) is 0.333. The van der Waals surface area contributed by atoms with Gasteiger partial charge in [0.05, 0.1) is 11.4 Å². The van der Waals surface area contributed by atoms with Crippen molar-refractivity contribution in [2.24, 2.45) is 0 Å². The van der Waals surface area contributed by atoms with E-state index in [-0.39, 0.29) is 17.2 Å². The molecule has 154 valence electrons. The lowest BCUT2D eigenvalue weighted by molar-refractivity contribution is 0.0781. The molecule has 3 aromatic rings. The van der Waals surface area contributed by atoms with Gasteiger partial charge < -0.3 is 19.5 Å². The highest BCUT2D eigenvalue weighted by atomic mass is 16.3. The Hall–Kier alpha value is -3.28. The van der Waals surface area contributed by atoms with Crippen LogP contribution in [0.15, 0.2) is 54.9 Å². The lowest BCUT2D eigenvalue weighted by Crippen LogP contribution is -2.53. The lowest BCUT2D eigenvalue weighted by atomic mass is 9.88. The molecule has 0 saturated carbocycles. The van der Waals surface area contributed by atoms with Crippen LogP contribution in [0.3, 0.4) is 0 Å². The van der Waals surface area contributed by atoms with Gasteiger partial charge in [0.15, 0.2) is 5.82 Å². The third-order valence-electron chi connectivity index (χ3n) is 6.47. The van der Waals surface area contributed by atoms with Gasteiger partial charge in [-0.25, -0.2) is 4.98 Å². The molecule has 4 heterocycles. The number of aromatic hydroxyl groups is 1. The van der Waals surface area contributed by atoms with E-state index in [1.807, 2.05) is 24.1 Å². The standard InChI is InChI=1S/C24H26N4O2/c1-3-12-28-19-6-4-11-25-22(19)27-13-5-7-21(27)24(28)10-14-26(16-24)23(30)18-9-8-17(2)20(29)15-18/h4-9,11,13,15,29H,3,10,12,14,16H2,1-2H3. The average Bonchev–Trinajstić information content (AvgIpc) is 3.41. The molecular formula is C24H26N4O2. The highest BCUT2D eigenvalue weighted by Gasteiger charge is 2.50. The van der Waals surface area contributed by atoms with Crippen LogP contribution in [0.2, 0.25) is 0 Å². The zero-order chi connectivity index (χ0) is 20.9. The Morgan fingerprint density at radius 1 is 1.23 bits per heavy atom. The quantitative estimate of drug-likeness (QED) is 0.723. The Morgan fingerprint density at radius 2 is 2.10 bits per heavy atom. The van der Waals surface area contributed by atoms with E-state index in [1.54, 1.807) is 18.2 Å². The van der Waals surface area contributed by atoms with Gasteiger partial charge in [-0.1, -0.05) is 13.0 Å². The number of phenols is 1. The lowest BCUT2D eigenvalue weighted by Gasteiger charge is -2.47. The average molecular weight is 402 g/mol. The van der Waals surface area contributed by atoms with Crippen molar-refractivity contribution in [2.75, 3.05) is 24.5 Å². The van der Waals surface area contributed by atoms with Crippen LogP contribution in [0.25, 0.3) is 5.82 Å². The van der Waals surface area contributed by atoms with Gasteiger partial charge >= 0.3 is 0 Å². The smallest absolute Gasteiger partial charge is 0.254 e. The number of hydrogen-bond donors (Lipinski definition) is 1. The molecule has 1 saturated heterocycles. The first-order valence-corrected chi connectivity index (χ1v) is 10.5. The third-order valence-corrected chi connectivity index (χ3v) is 6.47. The SMILES string of the molecule is CCCN1c2cccnc2-n2cccc2C12CCN(C(=O)c1ccc(C)c(O)c1)C2. The number of likely N-dealkylation sites (tertiary alicyclic amines) is 1. The number of fused-ring (bicyclic) bond motifs is 4. The summed E-state index contributed by atoms with van der Waals surface area (Å²) < 4.78 is 2.17. The molecule has 30 heavy (non-hydrogen) atoms. The molecular weight excluding hydrogens is 376 g/mol. The van der Waals surface area contributed by atoms with Crippen LogP contribution >= 0.6 is 0 Å². The molecule has 0 aliphatic carbocycles. The number of aromatic nitrogens is 2. The van der Waals surface area contributed by atoms with Crippen LogP contribution in [-0.2, 0) is 5.54 Å². The van der Waals surface area contributed by atoms with E-state index >= 15 is 0 Å². The van der Waals surface area contributed by atoms with Crippen molar-refractivity contribution in [3.8, 4) is 11.6 Å². The molecule has 1 spiro atoms. The number of nitrogens with zero attached hydrogens (tertiary/aromatic N) is 4. The molecule has 1 unspecified atom stereocenters. The fourth-order valence-corrected chi connectivity index (χ4v) is 4.98. The van der Waals surface area contributed by atoms with Crippen molar-refractivity contribution < 1.29 is 9.90 Å². The Bertz CT molecular complexity index is 1120. The number of rotatable bonds is 3. The van der Waals surface area contributed by atoms with Crippen LogP contribution in [0.1, 0.15) is 41.4 Å². The summed E-state index contributed by atoms with van der Waals surface area (Å²) in [7, 11) is 0. The van der Waals surface area contributed by atoms with E-state index in [9.17, 15) is 9.90 Å². The summed E-state index contributed by atoms with van der Waals surface area (Å²) in [5.74, 6) is 1.08. The minimum Gasteiger partial charge on any atom is -0.508 e. The highest BCUT2D eigenvalue weighted by molar-refractivity contribution is 5.95. The number of hydrogen-bond acceptors (Lipinski definition) is 4. The van der Waals surface area contributed by atoms with Crippen molar-refractivity contribution in [1.82, 2.24) is 14.5 Å². The van der Waals surface area contributed by atoms with Crippen LogP contribution in [0.5, 0.6) is 5.75 Å². The summed E-state index contributed by atoms with van der Waals surface area (Å²) in [6, 6.07) is 13.5. The van der Waals surface area contributed by atoms with Gasteiger partial charge in [0.1, 0.15) is 11.3 Å². The molecule has 2 aliphatic rings. The minimum atomic E-state index is -0.280. The minimum absolute atomic E-state index is 0.0336. The Kier molecular flexibility index (Phi) is 4.31. The molecule has 1 N–H and O–H groups in total. The maximum Gasteiger partial charge on any atom is 0.254 e. The van der Waals surface area contributed by atoms with Crippen molar-refractivity contribution >= 4 is 11.6 Å². The molecule has 2 aromatic heterocycles. The van der Waals surface area contributed by atoms with Crippen molar-refractivity contribution in [3.63, 3.8) is 0 Å². The topological polar surface area (TPSA) is 61.6 Å². The summed E-state index contributed by atoms with van der Waals surface area (Å²) in [5.41, 5.74) is 3.32. The van der Waals surface area contributed by atoms with Crippen molar-refractivity contribution in [2.45, 2.75) is 32.2 Å². The summed E-state index contributed by atoms with van der Waals surface area (Å²) in [5, 5.41) is 10.1. The predicted octanol–water partition coefficient (Wildman–Crippen LogP) is 3.86. The second kappa shape index (κ2) is 6.90. The molecule has 1 aromatic carbocycles.